The van der Waals surface area contributed by atoms with E-state index in [1.165, 1.54) is 11.1 Å². The van der Waals surface area contributed by atoms with Gasteiger partial charge in [-0.2, -0.15) is 0 Å². The van der Waals surface area contributed by atoms with E-state index in [1.807, 2.05) is 11.8 Å². The van der Waals surface area contributed by atoms with E-state index in [2.05, 4.69) is 9.97 Å². The van der Waals surface area contributed by atoms with Gasteiger partial charge in [0.2, 0.25) is 0 Å². The molecular weight excluding hydrogens is 382 g/mol. The normalized spacial score (nSPS) is 21.0. The van der Waals surface area contributed by atoms with Crippen molar-refractivity contribution in [1.29, 1.82) is 0 Å². The quantitative estimate of drug-likeness (QED) is 0.730. The Bertz CT molecular complexity index is 1000. The number of amides is 1. The molecule has 7 nitrogen and oxygen atoms in total. The Morgan fingerprint density at radius 2 is 2.14 bits per heavy atom. The number of halogens is 2. The van der Waals surface area contributed by atoms with Crippen LogP contribution in [0, 0.1) is 11.6 Å². The highest BCUT2D eigenvalue weighted by molar-refractivity contribution is 6.07. The van der Waals surface area contributed by atoms with Gasteiger partial charge in [-0.05, 0) is 18.6 Å². The molecule has 1 fully saturated rings. The van der Waals surface area contributed by atoms with E-state index in [4.69, 9.17) is 4.74 Å². The summed E-state index contributed by atoms with van der Waals surface area (Å²) in [5, 5.41) is 0. The molecule has 0 saturated carbocycles. The van der Waals surface area contributed by atoms with E-state index in [1.54, 1.807) is 7.05 Å². The number of hydrogen-bond acceptors (Lipinski definition) is 6. The van der Waals surface area contributed by atoms with E-state index in [0.717, 1.165) is 12.1 Å². The summed E-state index contributed by atoms with van der Waals surface area (Å²) in [6, 6.07) is 2.82. The minimum Gasteiger partial charge on any atom is -0.377 e. The van der Waals surface area contributed by atoms with Gasteiger partial charge in [0.05, 0.1) is 31.4 Å². The van der Waals surface area contributed by atoms with Gasteiger partial charge >= 0.3 is 0 Å². The number of hydrogen-bond donors (Lipinski definition) is 0. The highest BCUT2D eigenvalue weighted by Gasteiger charge is 2.51. The standard InChI is InChI=1S/C20H20F2N4O3/c1-3-20-11-29-7-6-26(20)18-15(25(2)19(20)28)10-23-17(24-18)9-16(27)13-5-4-12(21)8-14(13)22/h4-5,8,10H,3,6-7,9,11H2,1-2H3. The number of anilines is 2. The topological polar surface area (TPSA) is 75.6 Å². The molecule has 1 unspecified atom stereocenters. The minimum atomic E-state index is -0.920. The zero-order valence-corrected chi connectivity index (χ0v) is 16.1. The molecule has 0 spiro atoms. The van der Waals surface area contributed by atoms with Crippen LogP contribution in [0.25, 0.3) is 0 Å². The molecule has 1 atom stereocenters. The van der Waals surface area contributed by atoms with Crippen LogP contribution < -0.4 is 9.80 Å². The molecule has 152 valence electrons. The summed E-state index contributed by atoms with van der Waals surface area (Å²) >= 11 is 0. The first-order valence-corrected chi connectivity index (χ1v) is 9.35. The number of carbonyl (C=O) groups is 2. The summed E-state index contributed by atoms with van der Waals surface area (Å²) in [5.41, 5.74) is -0.516. The van der Waals surface area contributed by atoms with Crippen molar-refractivity contribution >= 4 is 23.2 Å². The monoisotopic (exact) mass is 402 g/mol. The number of Topliss-reactive ketones (excluding diaryl/α,β-unsaturated/α-hetero) is 1. The fourth-order valence-electron chi connectivity index (χ4n) is 3.92. The van der Waals surface area contributed by atoms with Crippen LogP contribution in [-0.4, -0.2) is 54.0 Å². The molecular formula is C20H20F2N4O3. The van der Waals surface area contributed by atoms with Crippen molar-refractivity contribution in [3.63, 3.8) is 0 Å². The molecule has 9 heteroatoms. The lowest BCUT2D eigenvalue weighted by Gasteiger charge is -2.51. The van der Waals surface area contributed by atoms with E-state index < -0.39 is 23.0 Å². The van der Waals surface area contributed by atoms with E-state index in [0.29, 0.717) is 37.1 Å². The Hall–Kier alpha value is -2.94. The number of fused-ring (bicyclic) bond motifs is 3. The average Bonchev–Trinajstić information content (AvgIpc) is 2.71. The molecule has 1 amide bonds. The second-order valence-electron chi connectivity index (χ2n) is 7.17. The Labute approximate surface area is 166 Å². The van der Waals surface area contributed by atoms with Crippen LogP contribution in [0.2, 0.25) is 0 Å². The second-order valence-corrected chi connectivity index (χ2v) is 7.17. The zero-order valence-electron chi connectivity index (χ0n) is 16.1. The SMILES string of the molecule is CCC12COCCN1c1nc(CC(=O)c3ccc(F)cc3F)ncc1N(C)C2=O. The number of ketones is 1. The summed E-state index contributed by atoms with van der Waals surface area (Å²) in [6.07, 6.45) is 1.80. The molecule has 1 aromatic heterocycles. The third-order valence-corrected chi connectivity index (χ3v) is 5.57. The molecule has 0 aliphatic carbocycles. The number of likely N-dealkylation sites (N-methyl/N-ethyl adjacent to an activating group) is 1. The summed E-state index contributed by atoms with van der Waals surface area (Å²) < 4.78 is 32.6. The molecule has 29 heavy (non-hydrogen) atoms. The highest BCUT2D eigenvalue weighted by Crippen LogP contribution is 2.41. The molecule has 2 aromatic rings. The van der Waals surface area contributed by atoms with Gasteiger partial charge in [-0.1, -0.05) is 6.92 Å². The van der Waals surface area contributed by atoms with Crippen molar-refractivity contribution in [2.75, 3.05) is 36.6 Å². The van der Waals surface area contributed by atoms with Gasteiger partial charge < -0.3 is 14.5 Å². The van der Waals surface area contributed by atoms with E-state index in [-0.39, 0.29) is 30.3 Å². The van der Waals surface area contributed by atoms with Crippen LogP contribution in [0.5, 0.6) is 0 Å². The van der Waals surface area contributed by atoms with Gasteiger partial charge in [-0.3, -0.25) is 9.59 Å². The number of aromatic nitrogens is 2. The van der Waals surface area contributed by atoms with Crippen molar-refractivity contribution in [3.05, 3.63) is 47.4 Å². The summed E-state index contributed by atoms with van der Waals surface area (Å²) in [7, 11) is 1.66. The predicted octanol–water partition coefficient (Wildman–Crippen LogP) is 2.14. The van der Waals surface area contributed by atoms with E-state index in [9.17, 15) is 18.4 Å². The maximum atomic E-state index is 13.9. The molecule has 2 aliphatic heterocycles. The maximum Gasteiger partial charge on any atom is 0.255 e. The molecule has 4 rings (SSSR count). The van der Waals surface area contributed by atoms with Crippen LogP contribution >= 0.6 is 0 Å². The highest BCUT2D eigenvalue weighted by atomic mass is 19.1. The minimum absolute atomic E-state index is 0.0898. The second kappa shape index (κ2) is 7.14. The Kier molecular flexibility index (Phi) is 4.77. The van der Waals surface area contributed by atoms with Crippen molar-refractivity contribution in [2.24, 2.45) is 0 Å². The zero-order chi connectivity index (χ0) is 20.8. The summed E-state index contributed by atoms with van der Waals surface area (Å²) in [4.78, 5) is 37.7. The van der Waals surface area contributed by atoms with Gasteiger partial charge in [0.1, 0.15) is 28.7 Å². The average molecular weight is 402 g/mol. The molecule has 0 N–H and O–H groups in total. The number of benzene rings is 1. The molecule has 0 bridgehead atoms. The first-order chi connectivity index (χ1) is 13.9. The fourth-order valence-corrected chi connectivity index (χ4v) is 3.92. The summed E-state index contributed by atoms with van der Waals surface area (Å²) in [6.45, 7) is 3.11. The first kappa shape index (κ1) is 19.4. The van der Waals surface area contributed by atoms with Crippen LogP contribution in [0.1, 0.15) is 29.5 Å². The summed E-state index contributed by atoms with van der Waals surface area (Å²) in [5.74, 6) is -1.55. The van der Waals surface area contributed by atoms with Crippen LogP contribution in [0.15, 0.2) is 24.4 Å². The lowest BCUT2D eigenvalue weighted by molar-refractivity contribution is -0.128. The molecule has 2 aliphatic rings. The van der Waals surface area contributed by atoms with Crippen LogP contribution in [0.4, 0.5) is 20.3 Å². The van der Waals surface area contributed by atoms with Crippen molar-refractivity contribution in [3.8, 4) is 0 Å². The van der Waals surface area contributed by atoms with Crippen molar-refractivity contribution in [2.45, 2.75) is 25.3 Å². The molecule has 1 saturated heterocycles. The number of carbonyl (C=O) groups excluding carboxylic acids is 2. The van der Waals surface area contributed by atoms with Gasteiger partial charge in [-0.15, -0.1) is 0 Å². The Balaban J connectivity index is 1.69. The van der Waals surface area contributed by atoms with Gasteiger partial charge in [0.25, 0.3) is 5.91 Å². The predicted molar refractivity (Wildman–Crippen MR) is 101 cm³/mol. The largest absolute Gasteiger partial charge is 0.377 e. The molecule has 1 aromatic carbocycles. The lowest BCUT2D eigenvalue weighted by Crippen LogP contribution is -2.68. The third kappa shape index (κ3) is 3.05. The lowest BCUT2D eigenvalue weighted by atomic mass is 9.89. The van der Waals surface area contributed by atoms with Gasteiger partial charge in [0, 0.05) is 19.7 Å². The third-order valence-electron chi connectivity index (χ3n) is 5.57. The van der Waals surface area contributed by atoms with Crippen LogP contribution in [-0.2, 0) is 16.0 Å². The number of nitrogens with zero attached hydrogens (tertiary/aromatic N) is 4. The Morgan fingerprint density at radius 1 is 1.34 bits per heavy atom. The Morgan fingerprint density at radius 3 is 2.86 bits per heavy atom. The molecule has 3 heterocycles. The van der Waals surface area contributed by atoms with Crippen LogP contribution in [0.3, 0.4) is 0 Å². The number of ether oxygens (including phenoxy) is 1. The number of morpholine rings is 1. The first-order valence-electron chi connectivity index (χ1n) is 9.35. The number of rotatable bonds is 4. The van der Waals surface area contributed by atoms with Gasteiger partial charge in [-0.25, -0.2) is 18.7 Å². The fraction of sp³-hybridized carbons (Fsp3) is 0.400. The molecule has 0 radical (unpaired) electrons. The maximum absolute atomic E-state index is 13.9. The van der Waals surface area contributed by atoms with E-state index >= 15 is 0 Å². The van der Waals surface area contributed by atoms with Crippen molar-refractivity contribution in [1.82, 2.24) is 9.97 Å². The van der Waals surface area contributed by atoms with Crippen molar-refractivity contribution < 1.29 is 23.1 Å². The smallest absolute Gasteiger partial charge is 0.255 e. The van der Waals surface area contributed by atoms with Gasteiger partial charge in [0.15, 0.2) is 11.6 Å².